The van der Waals surface area contributed by atoms with Crippen molar-refractivity contribution in [1.29, 1.82) is 0 Å². The molecule has 8 heteroatoms. The van der Waals surface area contributed by atoms with E-state index in [9.17, 15) is 17.6 Å². The van der Waals surface area contributed by atoms with Gasteiger partial charge in [0.05, 0.1) is 23.6 Å². The first-order valence-electron chi connectivity index (χ1n) is 7.50. The molecule has 1 amide bonds. The minimum absolute atomic E-state index is 0.0286. The fraction of sp³-hybridized carbons (Fsp3) is 0.375. The SMILES string of the molecule is CN(C(=O)Cc1csc(-c2cccc(F)c2)n1)C1CCS(=O)(=O)C1. The summed E-state index contributed by atoms with van der Waals surface area (Å²) < 4.78 is 36.3. The number of carbonyl (C=O) groups is 1. The van der Waals surface area contributed by atoms with Crippen molar-refractivity contribution >= 4 is 27.1 Å². The molecule has 1 aromatic carbocycles. The molecule has 2 heterocycles. The number of sulfone groups is 1. The Balaban J connectivity index is 1.67. The molecule has 1 fully saturated rings. The van der Waals surface area contributed by atoms with E-state index in [-0.39, 0.29) is 35.7 Å². The predicted octanol–water partition coefficient (Wildman–Crippen LogP) is 2.14. The number of hydrogen-bond acceptors (Lipinski definition) is 5. The lowest BCUT2D eigenvalue weighted by molar-refractivity contribution is -0.130. The zero-order valence-electron chi connectivity index (χ0n) is 13.1. The Hall–Kier alpha value is -1.80. The van der Waals surface area contributed by atoms with E-state index < -0.39 is 9.84 Å². The summed E-state index contributed by atoms with van der Waals surface area (Å²) in [4.78, 5) is 18.2. The molecule has 3 rings (SSSR count). The molecule has 128 valence electrons. The zero-order chi connectivity index (χ0) is 17.3. The van der Waals surface area contributed by atoms with Crippen LogP contribution in [0.3, 0.4) is 0 Å². The van der Waals surface area contributed by atoms with Gasteiger partial charge in [0.1, 0.15) is 10.8 Å². The van der Waals surface area contributed by atoms with Crippen molar-refractivity contribution < 1.29 is 17.6 Å². The van der Waals surface area contributed by atoms with Crippen molar-refractivity contribution in [2.45, 2.75) is 18.9 Å². The topological polar surface area (TPSA) is 67.3 Å². The number of carbonyl (C=O) groups excluding carboxylic acids is 1. The van der Waals surface area contributed by atoms with Gasteiger partial charge in [-0.2, -0.15) is 0 Å². The van der Waals surface area contributed by atoms with Crippen LogP contribution in [0.4, 0.5) is 4.39 Å². The Morgan fingerprint density at radius 1 is 1.46 bits per heavy atom. The molecule has 1 aromatic heterocycles. The van der Waals surface area contributed by atoms with Gasteiger partial charge in [0, 0.05) is 24.0 Å². The Kier molecular flexibility index (Phi) is 4.69. The maximum Gasteiger partial charge on any atom is 0.228 e. The summed E-state index contributed by atoms with van der Waals surface area (Å²) >= 11 is 1.35. The van der Waals surface area contributed by atoms with Crippen LogP contribution in [0.5, 0.6) is 0 Å². The van der Waals surface area contributed by atoms with Gasteiger partial charge in [0.15, 0.2) is 9.84 Å². The van der Waals surface area contributed by atoms with Gasteiger partial charge in [0.25, 0.3) is 0 Å². The van der Waals surface area contributed by atoms with Crippen molar-refractivity contribution in [3.63, 3.8) is 0 Å². The summed E-state index contributed by atoms with van der Waals surface area (Å²) in [6, 6.07) is 5.89. The van der Waals surface area contributed by atoms with Gasteiger partial charge >= 0.3 is 0 Å². The van der Waals surface area contributed by atoms with Gasteiger partial charge in [-0.05, 0) is 18.6 Å². The number of benzene rings is 1. The number of thiazole rings is 1. The van der Waals surface area contributed by atoms with Gasteiger partial charge in [-0.3, -0.25) is 4.79 Å². The van der Waals surface area contributed by atoms with Gasteiger partial charge < -0.3 is 4.90 Å². The molecule has 1 aliphatic heterocycles. The molecule has 2 aromatic rings. The number of amides is 1. The quantitative estimate of drug-likeness (QED) is 0.829. The average Bonchev–Trinajstić information content (AvgIpc) is 3.13. The lowest BCUT2D eigenvalue weighted by Gasteiger charge is -2.23. The number of hydrogen-bond donors (Lipinski definition) is 0. The van der Waals surface area contributed by atoms with Crippen LogP contribution in [0.1, 0.15) is 12.1 Å². The number of rotatable bonds is 4. The predicted molar refractivity (Wildman–Crippen MR) is 91.0 cm³/mol. The van der Waals surface area contributed by atoms with Crippen LogP contribution >= 0.6 is 11.3 Å². The molecule has 0 aliphatic carbocycles. The van der Waals surface area contributed by atoms with Crippen LogP contribution in [0.25, 0.3) is 10.6 Å². The van der Waals surface area contributed by atoms with Gasteiger partial charge in [0.2, 0.25) is 5.91 Å². The molecule has 1 saturated heterocycles. The average molecular weight is 368 g/mol. The van der Waals surface area contributed by atoms with Crippen molar-refractivity contribution in [2.75, 3.05) is 18.6 Å². The fourth-order valence-electron chi connectivity index (χ4n) is 2.71. The maximum atomic E-state index is 13.3. The van der Waals surface area contributed by atoms with Crippen molar-refractivity contribution in [2.24, 2.45) is 0 Å². The molecule has 1 aliphatic rings. The van der Waals surface area contributed by atoms with E-state index >= 15 is 0 Å². The third kappa shape index (κ3) is 3.81. The van der Waals surface area contributed by atoms with Crippen molar-refractivity contribution in [3.8, 4) is 10.6 Å². The van der Waals surface area contributed by atoms with Crippen LogP contribution in [-0.4, -0.2) is 48.8 Å². The minimum Gasteiger partial charge on any atom is -0.341 e. The van der Waals surface area contributed by atoms with Crippen molar-refractivity contribution in [1.82, 2.24) is 9.88 Å². The van der Waals surface area contributed by atoms with E-state index in [1.165, 1.54) is 28.4 Å². The molecular weight excluding hydrogens is 351 g/mol. The first-order valence-corrected chi connectivity index (χ1v) is 10.2. The van der Waals surface area contributed by atoms with E-state index in [2.05, 4.69) is 4.98 Å². The van der Waals surface area contributed by atoms with E-state index in [0.717, 1.165) is 0 Å². The molecule has 24 heavy (non-hydrogen) atoms. The molecule has 1 unspecified atom stereocenters. The highest BCUT2D eigenvalue weighted by Crippen LogP contribution is 2.25. The Morgan fingerprint density at radius 3 is 2.92 bits per heavy atom. The number of aromatic nitrogens is 1. The van der Waals surface area contributed by atoms with Gasteiger partial charge in [-0.15, -0.1) is 11.3 Å². The summed E-state index contributed by atoms with van der Waals surface area (Å²) in [5.41, 5.74) is 1.28. The van der Waals surface area contributed by atoms with E-state index in [4.69, 9.17) is 0 Å². The Morgan fingerprint density at radius 2 is 2.25 bits per heavy atom. The molecule has 0 saturated carbocycles. The van der Waals surface area contributed by atoms with E-state index in [1.54, 1.807) is 24.6 Å². The zero-order valence-corrected chi connectivity index (χ0v) is 14.7. The molecule has 1 atom stereocenters. The monoisotopic (exact) mass is 368 g/mol. The molecule has 0 spiro atoms. The smallest absolute Gasteiger partial charge is 0.228 e. The summed E-state index contributed by atoms with van der Waals surface area (Å²) in [5, 5.41) is 2.43. The van der Waals surface area contributed by atoms with Crippen LogP contribution in [-0.2, 0) is 21.1 Å². The summed E-state index contributed by atoms with van der Waals surface area (Å²) in [7, 11) is -1.39. The number of halogens is 1. The molecular formula is C16H17FN2O3S2. The molecule has 5 nitrogen and oxygen atoms in total. The third-order valence-corrected chi connectivity index (χ3v) is 6.80. The molecule has 0 N–H and O–H groups in total. The van der Waals surface area contributed by atoms with Crippen LogP contribution in [0, 0.1) is 5.82 Å². The van der Waals surface area contributed by atoms with Crippen LogP contribution in [0.2, 0.25) is 0 Å². The van der Waals surface area contributed by atoms with Crippen LogP contribution < -0.4 is 0 Å². The lowest BCUT2D eigenvalue weighted by atomic mass is 10.2. The highest BCUT2D eigenvalue weighted by Gasteiger charge is 2.32. The van der Waals surface area contributed by atoms with E-state index in [0.29, 0.717) is 22.7 Å². The van der Waals surface area contributed by atoms with Crippen molar-refractivity contribution in [3.05, 3.63) is 41.2 Å². The summed E-state index contributed by atoms with van der Waals surface area (Å²) in [6.07, 6.45) is 0.592. The molecule has 0 bridgehead atoms. The Labute approximate surface area is 144 Å². The standard InChI is InChI=1S/C16H17FN2O3S2/c1-19(14-5-6-24(21,22)10-14)15(20)8-13-9-23-16(18-13)11-3-2-4-12(17)7-11/h2-4,7,9,14H,5-6,8,10H2,1H3. The maximum absolute atomic E-state index is 13.3. The Bertz CT molecular complexity index is 864. The highest BCUT2D eigenvalue weighted by molar-refractivity contribution is 7.91. The third-order valence-electron chi connectivity index (χ3n) is 4.11. The lowest BCUT2D eigenvalue weighted by Crippen LogP contribution is -2.38. The first-order chi connectivity index (χ1) is 11.3. The minimum atomic E-state index is -3.03. The second-order valence-corrected chi connectivity index (χ2v) is 8.98. The second-order valence-electron chi connectivity index (χ2n) is 5.89. The number of likely N-dealkylation sites (N-methyl/N-ethyl adjacent to an activating group) is 1. The number of nitrogens with zero attached hydrogens (tertiary/aromatic N) is 2. The van der Waals surface area contributed by atoms with Gasteiger partial charge in [-0.25, -0.2) is 17.8 Å². The fourth-order valence-corrected chi connectivity index (χ4v) is 5.30. The summed E-state index contributed by atoms with van der Waals surface area (Å²) in [6.45, 7) is 0. The normalized spacial score (nSPS) is 19.3. The van der Waals surface area contributed by atoms with E-state index in [1.807, 2.05) is 0 Å². The van der Waals surface area contributed by atoms with Gasteiger partial charge in [-0.1, -0.05) is 12.1 Å². The molecule has 0 radical (unpaired) electrons. The van der Waals surface area contributed by atoms with Crippen LogP contribution in [0.15, 0.2) is 29.6 Å². The largest absolute Gasteiger partial charge is 0.341 e. The highest BCUT2D eigenvalue weighted by atomic mass is 32.2. The summed E-state index contributed by atoms with van der Waals surface area (Å²) in [5.74, 6) is -0.327. The second kappa shape index (κ2) is 6.60. The first kappa shape index (κ1) is 17.0.